The normalized spacial score (nSPS) is 15.4. The molecule has 0 aliphatic carbocycles. The molecule has 0 radical (unpaired) electrons. The highest BCUT2D eigenvalue weighted by Crippen LogP contribution is 2.17. The van der Waals surface area contributed by atoms with E-state index in [-0.39, 0.29) is 11.7 Å². The number of sulfonamides is 1. The number of hydrogen-bond acceptors (Lipinski definition) is 4. The summed E-state index contributed by atoms with van der Waals surface area (Å²) in [4.78, 5) is 14.5. The fourth-order valence-corrected chi connectivity index (χ4v) is 3.62. The Morgan fingerprint density at radius 1 is 1.21 bits per heavy atom. The Morgan fingerprint density at radius 2 is 1.83 bits per heavy atom. The van der Waals surface area contributed by atoms with Crippen LogP contribution in [0.5, 0.6) is 0 Å². The van der Waals surface area contributed by atoms with Crippen LogP contribution in [0.2, 0.25) is 0 Å². The van der Waals surface area contributed by atoms with Crippen LogP contribution in [0.25, 0.3) is 0 Å². The molecule has 134 valence electrons. The molecule has 2 rings (SSSR count). The number of hydrogen-bond donors (Lipinski definition) is 1. The standard InChI is InChI=1S/C17H27N3O3S/c1-3-24(22,23)19(2)16-9-7-15(8-10-16)17(21)18-11-6-14-20-12-4-5-13-20/h7-10H,3-6,11-14H2,1-2H3,(H,18,21). The largest absolute Gasteiger partial charge is 0.352 e. The highest BCUT2D eigenvalue weighted by Gasteiger charge is 2.16. The molecule has 1 aliphatic rings. The van der Waals surface area contributed by atoms with Crippen LogP contribution in [0.1, 0.15) is 36.5 Å². The molecule has 0 unspecified atom stereocenters. The van der Waals surface area contributed by atoms with Crippen molar-refractivity contribution in [3.63, 3.8) is 0 Å². The van der Waals surface area contributed by atoms with Crippen molar-refractivity contribution in [2.75, 3.05) is 43.3 Å². The first kappa shape index (κ1) is 18.7. The van der Waals surface area contributed by atoms with E-state index in [4.69, 9.17) is 0 Å². The van der Waals surface area contributed by atoms with Crippen LogP contribution in [0.15, 0.2) is 24.3 Å². The fourth-order valence-electron chi connectivity index (χ4n) is 2.79. The Bertz CT molecular complexity index is 638. The summed E-state index contributed by atoms with van der Waals surface area (Å²) in [5, 5.41) is 2.92. The molecule has 24 heavy (non-hydrogen) atoms. The van der Waals surface area contributed by atoms with E-state index in [1.54, 1.807) is 31.2 Å². The minimum atomic E-state index is -3.28. The van der Waals surface area contributed by atoms with E-state index in [0.717, 1.165) is 13.0 Å². The van der Waals surface area contributed by atoms with E-state index in [1.165, 1.54) is 37.3 Å². The van der Waals surface area contributed by atoms with Gasteiger partial charge in [-0.25, -0.2) is 8.42 Å². The number of carbonyl (C=O) groups is 1. The van der Waals surface area contributed by atoms with E-state index in [9.17, 15) is 13.2 Å². The third-order valence-corrected chi connectivity index (χ3v) is 6.19. The van der Waals surface area contributed by atoms with Gasteiger partial charge in [-0.05, 0) is 70.1 Å². The lowest BCUT2D eigenvalue weighted by Gasteiger charge is -2.18. The summed E-state index contributed by atoms with van der Waals surface area (Å²) in [6.07, 6.45) is 3.50. The lowest BCUT2D eigenvalue weighted by molar-refractivity contribution is 0.0952. The summed E-state index contributed by atoms with van der Waals surface area (Å²) in [6.45, 7) is 5.63. The average molecular weight is 353 g/mol. The summed E-state index contributed by atoms with van der Waals surface area (Å²) >= 11 is 0. The lowest BCUT2D eigenvalue weighted by atomic mass is 10.2. The summed E-state index contributed by atoms with van der Waals surface area (Å²) < 4.78 is 24.9. The highest BCUT2D eigenvalue weighted by molar-refractivity contribution is 7.92. The van der Waals surface area contributed by atoms with E-state index in [1.807, 2.05) is 0 Å². The molecule has 1 saturated heterocycles. The molecular weight excluding hydrogens is 326 g/mol. The van der Waals surface area contributed by atoms with E-state index in [0.29, 0.717) is 17.8 Å². The zero-order valence-electron chi connectivity index (χ0n) is 14.5. The number of benzene rings is 1. The van der Waals surface area contributed by atoms with Crippen LogP contribution in [0.4, 0.5) is 5.69 Å². The van der Waals surface area contributed by atoms with Crippen molar-refractivity contribution in [1.29, 1.82) is 0 Å². The molecule has 1 N–H and O–H groups in total. The Labute approximate surface area is 144 Å². The SMILES string of the molecule is CCS(=O)(=O)N(C)c1ccc(C(=O)NCCCN2CCCC2)cc1. The zero-order chi connectivity index (χ0) is 17.6. The summed E-state index contributed by atoms with van der Waals surface area (Å²) in [5.41, 5.74) is 1.10. The van der Waals surface area contributed by atoms with Gasteiger partial charge in [-0.2, -0.15) is 0 Å². The van der Waals surface area contributed by atoms with Crippen LogP contribution in [-0.2, 0) is 10.0 Å². The van der Waals surface area contributed by atoms with Crippen LogP contribution in [0, 0.1) is 0 Å². The van der Waals surface area contributed by atoms with E-state index < -0.39 is 10.0 Å². The molecular formula is C17H27N3O3S. The zero-order valence-corrected chi connectivity index (χ0v) is 15.3. The Balaban J connectivity index is 1.82. The minimum absolute atomic E-state index is 0.0444. The molecule has 0 saturated carbocycles. The second kappa shape index (κ2) is 8.48. The molecule has 7 heteroatoms. The van der Waals surface area contributed by atoms with Crippen LogP contribution >= 0.6 is 0 Å². The quantitative estimate of drug-likeness (QED) is 0.722. The number of likely N-dealkylation sites (tertiary alicyclic amines) is 1. The first-order chi connectivity index (χ1) is 11.4. The van der Waals surface area contributed by atoms with Gasteiger partial charge in [-0.15, -0.1) is 0 Å². The van der Waals surface area contributed by atoms with Gasteiger partial charge in [-0.1, -0.05) is 0 Å². The molecule has 0 spiro atoms. The van der Waals surface area contributed by atoms with Crippen molar-refractivity contribution in [2.45, 2.75) is 26.2 Å². The van der Waals surface area contributed by atoms with Gasteiger partial charge in [-0.3, -0.25) is 9.10 Å². The lowest BCUT2D eigenvalue weighted by Crippen LogP contribution is -2.29. The third-order valence-electron chi connectivity index (χ3n) is 4.41. The maximum atomic E-state index is 12.1. The van der Waals surface area contributed by atoms with Crippen molar-refractivity contribution in [1.82, 2.24) is 10.2 Å². The topological polar surface area (TPSA) is 69.7 Å². The van der Waals surface area contributed by atoms with Crippen molar-refractivity contribution in [2.24, 2.45) is 0 Å². The van der Waals surface area contributed by atoms with Gasteiger partial charge in [0.15, 0.2) is 0 Å². The van der Waals surface area contributed by atoms with Gasteiger partial charge in [0.05, 0.1) is 11.4 Å². The first-order valence-corrected chi connectivity index (χ1v) is 10.1. The predicted octanol–water partition coefficient (Wildman–Crippen LogP) is 1.69. The summed E-state index contributed by atoms with van der Waals surface area (Å²) in [6, 6.07) is 6.64. The monoisotopic (exact) mass is 353 g/mol. The van der Waals surface area contributed by atoms with Crippen LogP contribution in [0.3, 0.4) is 0 Å². The second-order valence-corrected chi connectivity index (χ2v) is 8.36. The first-order valence-electron chi connectivity index (χ1n) is 8.51. The van der Waals surface area contributed by atoms with Crippen LogP contribution in [-0.4, -0.2) is 58.2 Å². The van der Waals surface area contributed by atoms with Crippen molar-refractivity contribution in [3.8, 4) is 0 Å². The predicted molar refractivity (Wildman–Crippen MR) is 96.9 cm³/mol. The van der Waals surface area contributed by atoms with E-state index >= 15 is 0 Å². The number of anilines is 1. The van der Waals surface area contributed by atoms with Crippen molar-refractivity contribution < 1.29 is 13.2 Å². The Hall–Kier alpha value is -1.60. The van der Waals surface area contributed by atoms with Gasteiger partial charge in [0, 0.05) is 19.2 Å². The molecule has 1 aliphatic heterocycles. The Morgan fingerprint density at radius 3 is 2.42 bits per heavy atom. The van der Waals surface area contributed by atoms with Crippen molar-refractivity contribution in [3.05, 3.63) is 29.8 Å². The van der Waals surface area contributed by atoms with Gasteiger partial charge < -0.3 is 10.2 Å². The molecule has 1 fully saturated rings. The van der Waals surface area contributed by atoms with Crippen molar-refractivity contribution >= 4 is 21.6 Å². The number of rotatable bonds is 8. The molecule has 0 bridgehead atoms. The Kier molecular flexibility index (Phi) is 6.62. The molecule has 1 aromatic rings. The molecule has 1 heterocycles. The molecule has 6 nitrogen and oxygen atoms in total. The number of nitrogens with one attached hydrogen (secondary N) is 1. The molecule has 1 amide bonds. The van der Waals surface area contributed by atoms with Gasteiger partial charge in [0.2, 0.25) is 10.0 Å². The van der Waals surface area contributed by atoms with Gasteiger partial charge >= 0.3 is 0 Å². The maximum absolute atomic E-state index is 12.1. The smallest absolute Gasteiger partial charge is 0.251 e. The molecule has 1 aromatic carbocycles. The second-order valence-electron chi connectivity index (χ2n) is 6.07. The molecule has 0 atom stereocenters. The molecule has 0 aromatic heterocycles. The number of amides is 1. The van der Waals surface area contributed by atoms with Gasteiger partial charge in [0.1, 0.15) is 0 Å². The maximum Gasteiger partial charge on any atom is 0.251 e. The van der Waals surface area contributed by atoms with E-state index in [2.05, 4.69) is 10.2 Å². The van der Waals surface area contributed by atoms with Crippen LogP contribution < -0.4 is 9.62 Å². The van der Waals surface area contributed by atoms with Gasteiger partial charge in [0.25, 0.3) is 5.91 Å². The minimum Gasteiger partial charge on any atom is -0.352 e. The average Bonchev–Trinajstić information content (AvgIpc) is 3.11. The number of nitrogens with zero attached hydrogens (tertiary/aromatic N) is 2. The highest BCUT2D eigenvalue weighted by atomic mass is 32.2. The summed E-state index contributed by atoms with van der Waals surface area (Å²) in [5.74, 6) is -0.0769. The fraction of sp³-hybridized carbons (Fsp3) is 0.588. The third kappa shape index (κ3) is 4.95. The number of carbonyl (C=O) groups excluding carboxylic acids is 1. The summed E-state index contributed by atoms with van der Waals surface area (Å²) in [7, 11) is -1.76.